The molecule has 6 heteroatoms. The molecule has 6 nitrogen and oxygen atoms in total. The molecule has 1 N–H and O–H groups in total. The molecule has 0 aliphatic rings. The summed E-state index contributed by atoms with van der Waals surface area (Å²) >= 11 is 0. The Morgan fingerprint density at radius 2 is 2.26 bits per heavy atom. The SMILES string of the molecule is CCNCCCc1nnc(-c2ccn(C)c(=O)c2)o1. The molecular weight excluding hydrogens is 244 g/mol. The molecule has 0 aromatic carbocycles. The predicted molar refractivity (Wildman–Crippen MR) is 71.8 cm³/mol. The van der Waals surface area contributed by atoms with Crippen molar-refractivity contribution in [3.8, 4) is 11.5 Å². The standard InChI is InChI=1S/C13H18N4O2/c1-3-14-7-4-5-11-15-16-13(19-11)10-6-8-17(2)12(18)9-10/h6,8-9,14H,3-5,7H2,1-2H3. The summed E-state index contributed by atoms with van der Waals surface area (Å²) in [6.45, 7) is 3.96. The normalized spacial score (nSPS) is 10.8. The average Bonchev–Trinajstić information content (AvgIpc) is 2.87. The molecule has 2 heterocycles. The topological polar surface area (TPSA) is 73.0 Å². The fourth-order valence-corrected chi connectivity index (χ4v) is 1.69. The van der Waals surface area contributed by atoms with Crippen LogP contribution in [0.25, 0.3) is 11.5 Å². The quantitative estimate of drug-likeness (QED) is 0.785. The second kappa shape index (κ2) is 6.29. The van der Waals surface area contributed by atoms with Crippen molar-refractivity contribution in [2.45, 2.75) is 19.8 Å². The van der Waals surface area contributed by atoms with Crippen molar-refractivity contribution >= 4 is 0 Å². The van der Waals surface area contributed by atoms with E-state index < -0.39 is 0 Å². The Balaban J connectivity index is 2.03. The van der Waals surface area contributed by atoms with E-state index in [0.29, 0.717) is 17.3 Å². The van der Waals surface area contributed by atoms with Gasteiger partial charge >= 0.3 is 0 Å². The highest BCUT2D eigenvalue weighted by molar-refractivity contribution is 5.50. The molecule has 102 valence electrons. The molecule has 2 rings (SSSR count). The smallest absolute Gasteiger partial charge is 0.251 e. The highest BCUT2D eigenvalue weighted by Gasteiger charge is 2.09. The van der Waals surface area contributed by atoms with Gasteiger partial charge in [-0.3, -0.25) is 4.79 Å². The Kier molecular flexibility index (Phi) is 4.46. The predicted octanol–water partition coefficient (Wildman–Crippen LogP) is 0.977. The Morgan fingerprint density at radius 3 is 3.00 bits per heavy atom. The summed E-state index contributed by atoms with van der Waals surface area (Å²) in [6, 6.07) is 3.28. The molecule has 0 saturated heterocycles. The molecule has 0 bridgehead atoms. The lowest BCUT2D eigenvalue weighted by atomic mass is 10.2. The number of pyridine rings is 1. The van der Waals surface area contributed by atoms with Crippen molar-refractivity contribution in [3.63, 3.8) is 0 Å². The van der Waals surface area contributed by atoms with E-state index in [0.717, 1.165) is 25.9 Å². The van der Waals surface area contributed by atoms with Crippen LogP contribution in [0.15, 0.2) is 27.5 Å². The highest BCUT2D eigenvalue weighted by Crippen LogP contribution is 2.15. The van der Waals surface area contributed by atoms with Crippen LogP contribution in [0, 0.1) is 0 Å². The molecule has 0 radical (unpaired) electrons. The molecule has 0 saturated carbocycles. The molecule has 19 heavy (non-hydrogen) atoms. The number of hydrogen-bond donors (Lipinski definition) is 1. The third kappa shape index (κ3) is 3.51. The van der Waals surface area contributed by atoms with Gasteiger partial charge in [-0.2, -0.15) is 0 Å². The van der Waals surface area contributed by atoms with Gasteiger partial charge in [0.15, 0.2) is 0 Å². The van der Waals surface area contributed by atoms with Crippen LogP contribution in [-0.4, -0.2) is 27.9 Å². The van der Waals surface area contributed by atoms with Crippen LogP contribution >= 0.6 is 0 Å². The molecule has 0 spiro atoms. The molecule has 0 atom stereocenters. The van der Waals surface area contributed by atoms with Gasteiger partial charge < -0.3 is 14.3 Å². The Labute approximate surface area is 111 Å². The van der Waals surface area contributed by atoms with E-state index in [1.54, 1.807) is 19.3 Å². The van der Waals surface area contributed by atoms with Gasteiger partial charge in [-0.05, 0) is 25.6 Å². The zero-order valence-corrected chi connectivity index (χ0v) is 11.2. The lowest BCUT2D eigenvalue weighted by Crippen LogP contribution is -2.14. The second-order valence-corrected chi connectivity index (χ2v) is 4.32. The van der Waals surface area contributed by atoms with Gasteiger partial charge in [0.05, 0.1) is 0 Å². The summed E-state index contributed by atoms with van der Waals surface area (Å²) in [6.07, 6.45) is 3.38. The van der Waals surface area contributed by atoms with Crippen molar-refractivity contribution < 1.29 is 4.42 Å². The van der Waals surface area contributed by atoms with E-state index in [9.17, 15) is 4.79 Å². The summed E-state index contributed by atoms with van der Waals surface area (Å²) in [4.78, 5) is 11.5. The minimum Gasteiger partial charge on any atom is -0.421 e. The lowest BCUT2D eigenvalue weighted by Gasteiger charge is -1.98. The first-order valence-electron chi connectivity index (χ1n) is 6.41. The summed E-state index contributed by atoms with van der Waals surface area (Å²) in [5.41, 5.74) is 0.568. The van der Waals surface area contributed by atoms with Crippen LogP contribution in [0.5, 0.6) is 0 Å². The van der Waals surface area contributed by atoms with Gasteiger partial charge in [-0.1, -0.05) is 6.92 Å². The Hall–Kier alpha value is -1.95. The Morgan fingerprint density at radius 1 is 1.42 bits per heavy atom. The summed E-state index contributed by atoms with van der Waals surface area (Å²) in [5.74, 6) is 1.00. The van der Waals surface area contributed by atoms with Crippen LogP contribution in [0.2, 0.25) is 0 Å². The maximum atomic E-state index is 11.5. The maximum absolute atomic E-state index is 11.5. The van der Waals surface area contributed by atoms with E-state index in [4.69, 9.17) is 4.42 Å². The molecule has 0 aliphatic carbocycles. The molecule has 0 amide bonds. The van der Waals surface area contributed by atoms with Gasteiger partial charge in [-0.25, -0.2) is 0 Å². The highest BCUT2D eigenvalue weighted by atomic mass is 16.4. The van der Waals surface area contributed by atoms with Crippen LogP contribution < -0.4 is 10.9 Å². The Bertz CT molecular complexity index is 588. The van der Waals surface area contributed by atoms with Crippen LogP contribution in [0.3, 0.4) is 0 Å². The minimum atomic E-state index is -0.0932. The van der Waals surface area contributed by atoms with Gasteiger partial charge in [0.25, 0.3) is 5.56 Å². The van der Waals surface area contributed by atoms with Gasteiger partial charge in [-0.15, -0.1) is 10.2 Å². The first kappa shape index (κ1) is 13.5. The van der Waals surface area contributed by atoms with Crippen LogP contribution in [-0.2, 0) is 13.5 Å². The number of hydrogen-bond acceptors (Lipinski definition) is 5. The van der Waals surface area contributed by atoms with Crippen molar-refractivity contribution in [2.75, 3.05) is 13.1 Å². The monoisotopic (exact) mass is 262 g/mol. The van der Waals surface area contributed by atoms with E-state index >= 15 is 0 Å². The largest absolute Gasteiger partial charge is 0.421 e. The first-order chi connectivity index (χ1) is 9.20. The fraction of sp³-hybridized carbons (Fsp3) is 0.462. The van der Waals surface area contributed by atoms with Crippen molar-refractivity contribution in [2.24, 2.45) is 7.05 Å². The molecule has 2 aromatic heterocycles. The van der Waals surface area contributed by atoms with Gasteiger partial charge in [0, 0.05) is 31.3 Å². The van der Waals surface area contributed by atoms with Crippen molar-refractivity contribution in [3.05, 3.63) is 34.6 Å². The van der Waals surface area contributed by atoms with Crippen LogP contribution in [0.1, 0.15) is 19.2 Å². The molecule has 0 fully saturated rings. The summed E-state index contributed by atoms with van der Waals surface area (Å²) in [7, 11) is 1.70. The number of nitrogens with one attached hydrogen (secondary N) is 1. The minimum absolute atomic E-state index is 0.0932. The van der Waals surface area contributed by atoms with E-state index in [1.165, 1.54) is 10.6 Å². The third-order valence-electron chi connectivity index (χ3n) is 2.81. The number of rotatable bonds is 6. The molecular formula is C13H18N4O2. The second-order valence-electron chi connectivity index (χ2n) is 4.32. The van der Waals surface area contributed by atoms with Crippen molar-refractivity contribution in [1.29, 1.82) is 0 Å². The molecule has 2 aromatic rings. The number of nitrogens with zero attached hydrogens (tertiary/aromatic N) is 3. The van der Waals surface area contributed by atoms with Crippen molar-refractivity contribution in [1.82, 2.24) is 20.1 Å². The van der Waals surface area contributed by atoms with Gasteiger partial charge in [0.1, 0.15) is 0 Å². The molecule has 0 aliphatic heterocycles. The fourth-order valence-electron chi connectivity index (χ4n) is 1.69. The van der Waals surface area contributed by atoms with Crippen LogP contribution in [0.4, 0.5) is 0 Å². The third-order valence-corrected chi connectivity index (χ3v) is 2.81. The number of aromatic nitrogens is 3. The number of aryl methyl sites for hydroxylation is 2. The van der Waals surface area contributed by atoms with E-state index in [2.05, 4.69) is 22.4 Å². The molecule has 0 unspecified atom stereocenters. The first-order valence-corrected chi connectivity index (χ1v) is 6.41. The van der Waals surface area contributed by atoms with E-state index in [1.807, 2.05) is 0 Å². The van der Waals surface area contributed by atoms with Gasteiger partial charge in [0.2, 0.25) is 11.8 Å². The van der Waals surface area contributed by atoms with E-state index in [-0.39, 0.29) is 5.56 Å². The zero-order chi connectivity index (χ0) is 13.7. The summed E-state index contributed by atoms with van der Waals surface area (Å²) < 4.78 is 7.04. The lowest BCUT2D eigenvalue weighted by molar-refractivity contribution is 0.492. The maximum Gasteiger partial charge on any atom is 0.251 e. The zero-order valence-electron chi connectivity index (χ0n) is 11.2. The summed E-state index contributed by atoms with van der Waals surface area (Å²) in [5, 5.41) is 11.2. The average molecular weight is 262 g/mol.